The van der Waals surface area contributed by atoms with Crippen molar-refractivity contribution in [1.82, 2.24) is 15.1 Å². The molecule has 0 radical (unpaired) electrons. The lowest BCUT2D eigenvalue weighted by atomic mass is 9.39. The van der Waals surface area contributed by atoms with Gasteiger partial charge in [0.1, 0.15) is 6.04 Å². The second-order valence-corrected chi connectivity index (χ2v) is 12.1. The molecule has 4 aliphatic carbocycles. The molecule has 3 N–H and O–H groups in total. The van der Waals surface area contributed by atoms with Gasteiger partial charge < -0.3 is 15.5 Å². The zero-order chi connectivity index (χ0) is 24.9. The monoisotopic (exact) mass is 486 g/mol. The van der Waals surface area contributed by atoms with Crippen molar-refractivity contribution in [2.75, 3.05) is 13.1 Å². The van der Waals surface area contributed by atoms with Gasteiger partial charge in [-0.2, -0.15) is 0 Å². The molecule has 8 heteroatoms. The van der Waals surface area contributed by atoms with E-state index in [1.165, 1.54) is 0 Å². The number of hydrogen-bond acceptors (Lipinski definition) is 5. The SMILES string of the molecule is NC12CC(C(=O)N3CCC4(CC3)C[C@@H]4C#Cc3cccc4c3CN(C3CCC(=O)NC3=O)C4=O)(C1)C2. The standard InChI is InChI=1S/C28H30N4O4/c29-28-14-27(15-28,16-28)25(36)31-10-8-26(9-11-31)12-18(26)5-4-17-2-1-3-19-20(17)13-32(24(19)35)21-6-7-22(33)30-23(21)34/h1-3,18,21H,6-16,29H2,(H,30,33,34)/t18-,21?,27?,28?/m0/s1. The van der Waals surface area contributed by atoms with Gasteiger partial charge in [0.2, 0.25) is 17.7 Å². The molecule has 3 aliphatic heterocycles. The number of amides is 4. The molecule has 1 spiro atoms. The minimum absolute atomic E-state index is 0.0506. The maximum Gasteiger partial charge on any atom is 0.255 e. The van der Waals surface area contributed by atoms with E-state index in [2.05, 4.69) is 22.1 Å². The third-order valence-electron chi connectivity index (χ3n) is 9.72. The summed E-state index contributed by atoms with van der Waals surface area (Å²) in [5.74, 6) is 6.59. The number of benzene rings is 1. The molecule has 7 aliphatic rings. The first-order valence-corrected chi connectivity index (χ1v) is 13.1. The second kappa shape index (κ2) is 7.19. The summed E-state index contributed by atoms with van der Waals surface area (Å²) in [6.45, 7) is 1.96. The first kappa shape index (κ1) is 22.1. The summed E-state index contributed by atoms with van der Waals surface area (Å²) in [4.78, 5) is 53.5. The van der Waals surface area contributed by atoms with Crippen LogP contribution >= 0.6 is 0 Å². The third-order valence-corrected chi connectivity index (χ3v) is 9.72. The number of rotatable bonds is 2. The number of likely N-dealkylation sites (tertiary alicyclic amines) is 1. The molecule has 4 saturated carbocycles. The number of piperidine rings is 2. The molecule has 2 atom stereocenters. The Morgan fingerprint density at radius 2 is 1.86 bits per heavy atom. The normalized spacial score (nSPS) is 35.3. The topological polar surface area (TPSA) is 113 Å². The van der Waals surface area contributed by atoms with Gasteiger partial charge in [-0.05, 0) is 68.1 Å². The van der Waals surface area contributed by atoms with Crippen molar-refractivity contribution >= 4 is 23.6 Å². The van der Waals surface area contributed by atoms with E-state index in [-0.39, 0.29) is 34.6 Å². The fourth-order valence-electron chi connectivity index (χ4n) is 7.56. The van der Waals surface area contributed by atoms with E-state index in [1.54, 1.807) is 11.0 Å². The highest BCUT2D eigenvalue weighted by atomic mass is 16.2. The van der Waals surface area contributed by atoms with Crippen molar-refractivity contribution in [2.45, 2.75) is 69.5 Å². The van der Waals surface area contributed by atoms with Gasteiger partial charge in [0, 0.05) is 48.6 Å². The molecule has 2 saturated heterocycles. The van der Waals surface area contributed by atoms with Crippen molar-refractivity contribution in [2.24, 2.45) is 22.5 Å². The average Bonchev–Trinajstić information content (AvgIpc) is 3.38. The van der Waals surface area contributed by atoms with E-state index in [4.69, 9.17) is 5.73 Å². The van der Waals surface area contributed by atoms with Crippen LogP contribution in [-0.4, -0.2) is 58.1 Å². The second-order valence-electron chi connectivity index (χ2n) is 12.1. The summed E-state index contributed by atoms with van der Waals surface area (Å²) in [5, 5.41) is 2.35. The Morgan fingerprint density at radius 3 is 2.56 bits per heavy atom. The molecule has 0 aromatic heterocycles. The fourth-order valence-corrected chi connectivity index (χ4v) is 7.56. The Bertz CT molecular complexity index is 1280. The molecular formula is C28H30N4O4. The van der Waals surface area contributed by atoms with E-state index >= 15 is 0 Å². The lowest BCUT2D eigenvalue weighted by molar-refractivity contribution is -0.185. The minimum Gasteiger partial charge on any atom is -0.342 e. The van der Waals surface area contributed by atoms with Gasteiger partial charge in [0.25, 0.3) is 5.91 Å². The number of nitrogens with one attached hydrogen (secondary N) is 1. The van der Waals surface area contributed by atoms with Gasteiger partial charge in [-0.1, -0.05) is 17.9 Å². The Labute approximate surface area is 209 Å². The van der Waals surface area contributed by atoms with Crippen molar-refractivity contribution in [3.8, 4) is 11.8 Å². The predicted molar refractivity (Wildman–Crippen MR) is 129 cm³/mol. The molecule has 8 rings (SSSR count). The molecule has 186 valence electrons. The summed E-state index contributed by atoms with van der Waals surface area (Å²) >= 11 is 0. The lowest BCUT2D eigenvalue weighted by Gasteiger charge is -2.68. The van der Waals surface area contributed by atoms with Gasteiger partial charge in [0.05, 0.1) is 5.41 Å². The van der Waals surface area contributed by atoms with Crippen LogP contribution < -0.4 is 11.1 Å². The van der Waals surface area contributed by atoms with E-state index in [9.17, 15) is 19.2 Å². The average molecular weight is 487 g/mol. The van der Waals surface area contributed by atoms with Crippen molar-refractivity contribution < 1.29 is 19.2 Å². The molecule has 6 fully saturated rings. The van der Waals surface area contributed by atoms with Gasteiger partial charge in [-0.15, -0.1) is 0 Å². The summed E-state index contributed by atoms with van der Waals surface area (Å²) in [6.07, 6.45) is 6.23. The van der Waals surface area contributed by atoms with Gasteiger partial charge in [-0.3, -0.25) is 24.5 Å². The van der Waals surface area contributed by atoms with Crippen LogP contribution in [0.2, 0.25) is 0 Å². The Balaban J connectivity index is 1.01. The van der Waals surface area contributed by atoms with Gasteiger partial charge in [0.15, 0.2) is 0 Å². The predicted octanol–water partition coefficient (Wildman–Crippen LogP) is 1.31. The Kier molecular flexibility index (Phi) is 4.41. The number of carbonyl (C=O) groups is 4. The van der Waals surface area contributed by atoms with E-state index in [0.717, 1.165) is 62.7 Å². The molecular weight excluding hydrogens is 456 g/mol. The van der Waals surface area contributed by atoms with Crippen molar-refractivity contribution in [3.05, 3.63) is 34.9 Å². The van der Waals surface area contributed by atoms with Crippen molar-refractivity contribution in [3.63, 3.8) is 0 Å². The van der Waals surface area contributed by atoms with Crippen LogP contribution in [0.1, 0.15) is 72.9 Å². The molecule has 36 heavy (non-hydrogen) atoms. The van der Waals surface area contributed by atoms with Crippen LogP contribution in [0, 0.1) is 28.6 Å². The lowest BCUT2D eigenvalue weighted by Crippen LogP contribution is -2.76. The molecule has 8 nitrogen and oxygen atoms in total. The highest BCUT2D eigenvalue weighted by molar-refractivity contribution is 6.05. The molecule has 1 unspecified atom stereocenters. The van der Waals surface area contributed by atoms with Crippen LogP contribution in [0.3, 0.4) is 0 Å². The summed E-state index contributed by atoms with van der Waals surface area (Å²) in [7, 11) is 0. The van der Waals surface area contributed by atoms with E-state index in [0.29, 0.717) is 30.4 Å². The van der Waals surface area contributed by atoms with Crippen LogP contribution in [0.25, 0.3) is 0 Å². The number of hydrogen-bond donors (Lipinski definition) is 2. The van der Waals surface area contributed by atoms with E-state index in [1.807, 2.05) is 12.1 Å². The summed E-state index contributed by atoms with van der Waals surface area (Å²) < 4.78 is 0. The molecule has 2 bridgehead atoms. The zero-order valence-corrected chi connectivity index (χ0v) is 20.3. The van der Waals surface area contributed by atoms with Crippen LogP contribution in [-0.2, 0) is 20.9 Å². The maximum absolute atomic E-state index is 13.0. The van der Waals surface area contributed by atoms with Gasteiger partial charge in [-0.25, -0.2) is 0 Å². The van der Waals surface area contributed by atoms with Crippen molar-refractivity contribution in [1.29, 1.82) is 0 Å². The highest BCUT2D eigenvalue weighted by Crippen LogP contribution is 2.67. The minimum atomic E-state index is -0.622. The van der Waals surface area contributed by atoms with E-state index < -0.39 is 11.9 Å². The first-order valence-electron chi connectivity index (χ1n) is 13.1. The molecule has 3 heterocycles. The summed E-state index contributed by atoms with van der Waals surface area (Å²) in [5.41, 5.74) is 8.47. The number of carbonyl (C=O) groups excluding carboxylic acids is 4. The number of fused-ring (bicyclic) bond motifs is 1. The van der Waals surface area contributed by atoms with Crippen LogP contribution in [0.4, 0.5) is 0 Å². The number of imide groups is 1. The largest absolute Gasteiger partial charge is 0.342 e. The zero-order valence-electron chi connectivity index (χ0n) is 20.3. The number of nitrogens with zero attached hydrogens (tertiary/aromatic N) is 2. The first-order chi connectivity index (χ1) is 17.2. The molecule has 1 aromatic rings. The third kappa shape index (κ3) is 3.11. The Hall–Kier alpha value is -3.18. The fraction of sp³-hybridized carbons (Fsp3) is 0.571. The maximum atomic E-state index is 13.0. The molecule has 1 aromatic carbocycles. The highest BCUT2D eigenvalue weighted by Gasteiger charge is 2.70. The van der Waals surface area contributed by atoms with Gasteiger partial charge >= 0.3 is 0 Å². The smallest absolute Gasteiger partial charge is 0.255 e. The Morgan fingerprint density at radius 1 is 1.11 bits per heavy atom. The molecule has 4 amide bonds. The number of nitrogens with two attached hydrogens (primary N) is 1. The summed E-state index contributed by atoms with van der Waals surface area (Å²) in [6, 6.07) is 4.96. The quantitative estimate of drug-likeness (QED) is 0.484. The van der Waals surface area contributed by atoms with Crippen LogP contribution in [0.5, 0.6) is 0 Å². The van der Waals surface area contributed by atoms with Crippen LogP contribution in [0.15, 0.2) is 18.2 Å².